The number of carbonyl (C=O) groups is 1. The quantitative estimate of drug-likeness (QED) is 0.542. The molecule has 0 aliphatic heterocycles. The first-order chi connectivity index (χ1) is 6.61. The summed E-state index contributed by atoms with van der Waals surface area (Å²) in [5.74, 6) is 0.146. The van der Waals surface area contributed by atoms with E-state index in [1.165, 1.54) is 19.2 Å². The van der Waals surface area contributed by atoms with E-state index in [0.29, 0.717) is 6.29 Å². The SMILES string of the molecule is COc1c(C=O)ccc(B(O)O)c1Cl. The third kappa shape index (κ3) is 1.90. The highest BCUT2D eigenvalue weighted by Crippen LogP contribution is 2.25. The number of hydrogen-bond acceptors (Lipinski definition) is 4. The molecule has 0 radical (unpaired) electrons. The zero-order valence-corrected chi connectivity index (χ0v) is 8.15. The normalized spacial score (nSPS) is 9.71. The minimum absolute atomic E-state index is 0.0344. The van der Waals surface area contributed by atoms with Crippen LogP contribution < -0.4 is 10.2 Å². The smallest absolute Gasteiger partial charge is 0.490 e. The van der Waals surface area contributed by atoms with Crippen LogP contribution in [0.25, 0.3) is 0 Å². The van der Waals surface area contributed by atoms with Crippen molar-refractivity contribution in [2.75, 3.05) is 7.11 Å². The molecule has 14 heavy (non-hydrogen) atoms. The molecular formula is C8H8BClO4. The number of carbonyl (C=O) groups excluding carboxylic acids is 1. The summed E-state index contributed by atoms with van der Waals surface area (Å²) in [6.07, 6.45) is 0.582. The number of benzene rings is 1. The van der Waals surface area contributed by atoms with Gasteiger partial charge in [-0.3, -0.25) is 4.79 Å². The van der Waals surface area contributed by atoms with Gasteiger partial charge in [0, 0.05) is 5.46 Å². The second-order valence-electron chi connectivity index (χ2n) is 2.58. The van der Waals surface area contributed by atoms with Crippen molar-refractivity contribution in [2.45, 2.75) is 0 Å². The van der Waals surface area contributed by atoms with Gasteiger partial charge in [-0.1, -0.05) is 17.7 Å². The van der Waals surface area contributed by atoms with Gasteiger partial charge >= 0.3 is 7.12 Å². The molecule has 0 aliphatic carbocycles. The lowest BCUT2D eigenvalue weighted by molar-refractivity contribution is 0.112. The Hall–Kier alpha value is -1.04. The van der Waals surface area contributed by atoms with E-state index >= 15 is 0 Å². The largest absolute Gasteiger partial charge is 0.494 e. The molecule has 1 aromatic carbocycles. The van der Waals surface area contributed by atoms with E-state index < -0.39 is 7.12 Å². The number of rotatable bonds is 3. The Morgan fingerprint density at radius 2 is 2.14 bits per heavy atom. The van der Waals surface area contributed by atoms with Gasteiger partial charge in [0.1, 0.15) is 5.75 Å². The van der Waals surface area contributed by atoms with Gasteiger partial charge in [-0.25, -0.2) is 0 Å². The van der Waals surface area contributed by atoms with Crippen LogP contribution in [-0.4, -0.2) is 30.6 Å². The number of ether oxygens (including phenoxy) is 1. The van der Waals surface area contributed by atoms with E-state index in [4.69, 9.17) is 26.4 Å². The van der Waals surface area contributed by atoms with Gasteiger partial charge in [0.25, 0.3) is 0 Å². The molecule has 0 heterocycles. The molecule has 0 aromatic heterocycles. The lowest BCUT2D eigenvalue weighted by Gasteiger charge is -2.09. The Morgan fingerprint density at radius 3 is 2.57 bits per heavy atom. The molecule has 0 spiro atoms. The molecule has 1 aromatic rings. The van der Waals surface area contributed by atoms with E-state index in [-0.39, 0.29) is 21.8 Å². The van der Waals surface area contributed by atoms with Crippen molar-refractivity contribution in [3.63, 3.8) is 0 Å². The number of aldehydes is 1. The summed E-state index contributed by atoms with van der Waals surface area (Å²) >= 11 is 5.78. The number of halogens is 1. The summed E-state index contributed by atoms with van der Waals surface area (Å²) in [5, 5.41) is 17.9. The lowest BCUT2D eigenvalue weighted by Crippen LogP contribution is -2.31. The van der Waals surface area contributed by atoms with Crippen LogP contribution in [0.1, 0.15) is 10.4 Å². The van der Waals surface area contributed by atoms with Crippen LogP contribution in [-0.2, 0) is 0 Å². The molecule has 0 fully saturated rings. The summed E-state index contributed by atoms with van der Waals surface area (Å²) in [6, 6.07) is 2.77. The van der Waals surface area contributed by atoms with Gasteiger partial charge in [0.2, 0.25) is 0 Å². The van der Waals surface area contributed by atoms with Crippen LogP contribution in [0.4, 0.5) is 0 Å². The summed E-state index contributed by atoms with van der Waals surface area (Å²) in [5.41, 5.74) is 0.371. The maximum atomic E-state index is 10.6. The third-order valence-corrected chi connectivity index (χ3v) is 2.16. The Balaban J connectivity index is 3.34. The van der Waals surface area contributed by atoms with E-state index in [2.05, 4.69) is 0 Å². The average Bonchev–Trinajstić information content (AvgIpc) is 2.16. The molecule has 0 aliphatic rings. The molecule has 4 nitrogen and oxygen atoms in total. The van der Waals surface area contributed by atoms with E-state index in [1.54, 1.807) is 0 Å². The molecule has 0 saturated heterocycles. The van der Waals surface area contributed by atoms with Gasteiger partial charge in [0.15, 0.2) is 6.29 Å². The Bertz CT molecular complexity index is 353. The van der Waals surface area contributed by atoms with E-state index in [1.807, 2.05) is 0 Å². The van der Waals surface area contributed by atoms with Crippen molar-refractivity contribution in [3.8, 4) is 5.75 Å². The second kappa shape index (κ2) is 4.46. The fourth-order valence-corrected chi connectivity index (χ4v) is 1.43. The fourth-order valence-electron chi connectivity index (χ4n) is 1.09. The second-order valence-corrected chi connectivity index (χ2v) is 2.96. The molecule has 1 rings (SSSR count). The van der Waals surface area contributed by atoms with Crippen molar-refractivity contribution < 1.29 is 19.6 Å². The Morgan fingerprint density at radius 1 is 1.50 bits per heavy atom. The molecule has 2 N–H and O–H groups in total. The minimum atomic E-state index is -1.68. The topological polar surface area (TPSA) is 66.8 Å². The van der Waals surface area contributed by atoms with Crippen LogP contribution in [0, 0.1) is 0 Å². The van der Waals surface area contributed by atoms with Crippen molar-refractivity contribution in [1.82, 2.24) is 0 Å². The Labute approximate surface area is 86.2 Å². The van der Waals surface area contributed by atoms with Crippen LogP contribution in [0.3, 0.4) is 0 Å². The maximum absolute atomic E-state index is 10.6. The summed E-state index contributed by atoms with van der Waals surface area (Å²) < 4.78 is 4.87. The fraction of sp³-hybridized carbons (Fsp3) is 0.125. The summed E-state index contributed by atoms with van der Waals surface area (Å²) in [7, 11) is -0.334. The van der Waals surface area contributed by atoms with Crippen LogP contribution in [0.2, 0.25) is 5.02 Å². The maximum Gasteiger partial charge on any atom is 0.490 e. The lowest BCUT2D eigenvalue weighted by atomic mass is 9.79. The van der Waals surface area contributed by atoms with Crippen LogP contribution in [0.5, 0.6) is 5.75 Å². The molecule has 0 atom stereocenters. The monoisotopic (exact) mass is 214 g/mol. The van der Waals surface area contributed by atoms with Crippen molar-refractivity contribution in [1.29, 1.82) is 0 Å². The number of hydrogen-bond donors (Lipinski definition) is 2. The standard InChI is InChI=1S/C8H8BClO4/c1-14-8-5(4-11)2-3-6(7(8)10)9(12)13/h2-4,12-13H,1H3. The zero-order chi connectivity index (χ0) is 10.7. The molecule has 0 amide bonds. The Kier molecular flexibility index (Phi) is 3.52. The first-order valence-corrected chi connectivity index (χ1v) is 4.17. The highest BCUT2D eigenvalue weighted by molar-refractivity contribution is 6.63. The molecule has 0 unspecified atom stereocenters. The van der Waals surface area contributed by atoms with E-state index in [9.17, 15) is 4.79 Å². The minimum Gasteiger partial charge on any atom is -0.494 e. The average molecular weight is 214 g/mol. The van der Waals surface area contributed by atoms with Gasteiger partial charge in [-0.2, -0.15) is 0 Å². The van der Waals surface area contributed by atoms with Crippen LogP contribution >= 0.6 is 11.6 Å². The van der Waals surface area contributed by atoms with Crippen molar-refractivity contribution >= 4 is 30.5 Å². The first-order valence-electron chi connectivity index (χ1n) is 3.79. The van der Waals surface area contributed by atoms with E-state index in [0.717, 1.165) is 0 Å². The summed E-state index contributed by atoms with van der Waals surface area (Å²) in [4.78, 5) is 10.6. The summed E-state index contributed by atoms with van der Waals surface area (Å²) in [6.45, 7) is 0. The third-order valence-electron chi connectivity index (χ3n) is 1.77. The van der Waals surface area contributed by atoms with Crippen molar-refractivity contribution in [3.05, 3.63) is 22.7 Å². The molecule has 0 saturated carbocycles. The predicted molar refractivity (Wildman–Crippen MR) is 53.2 cm³/mol. The van der Waals surface area contributed by atoms with Crippen LogP contribution in [0.15, 0.2) is 12.1 Å². The van der Waals surface area contributed by atoms with Crippen molar-refractivity contribution in [2.24, 2.45) is 0 Å². The van der Waals surface area contributed by atoms with Gasteiger partial charge < -0.3 is 14.8 Å². The van der Waals surface area contributed by atoms with Gasteiger partial charge in [-0.05, 0) is 6.07 Å². The first kappa shape index (κ1) is 11.0. The molecule has 0 bridgehead atoms. The van der Waals surface area contributed by atoms with Gasteiger partial charge in [0.05, 0.1) is 17.7 Å². The van der Waals surface area contributed by atoms with Gasteiger partial charge in [-0.15, -0.1) is 0 Å². The molecule has 6 heteroatoms. The molecule has 74 valence electrons. The number of methoxy groups -OCH3 is 1. The predicted octanol–water partition coefficient (Wildman–Crippen LogP) is -0.159. The highest BCUT2D eigenvalue weighted by Gasteiger charge is 2.20. The zero-order valence-electron chi connectivity index (χ0n) is 7.40. The molecular weight excluding hydrogens is 206 g/mol. The highest BCUT2D eigenvalue weighted by atomic mass is 35.5.